The van der Waals surface area contributed by atoms with Gasteiger partial charge in [-0.05, 0) is 37.6 Å². The molecule has 1 atom stereocenters. The molecule has 2 aromatic carbocycles. The van der Waals surface area contributed by atoms with Crippen molar-refractivity contribution >= 4 is 5.91 Å². The summed E-state index contributed by atoms with van der Waals surface area (Å²) in [6, 6.07) is 15.2. The van der Waals surface area contributed by atoms with Crippen molar-refractivity contribution in [2.45, 2.75) is 26.3 Å². The quantitative estimate of drug-likeness (QED) is 0.851. The normalized spacial score (nSPS) is 11.6. The summed E-state index contributed by atoms with van der Waals surface area (Å²) in [5.74, 6) is 1.58. The van der Waals surface area contributed by atoms with E-state index in [1.54, 1.807) is 7.11 Å². The Balaban J connectivity index is 1.96. The molecule has 1 unspecified atom stereocenters. The Bertz CT molecular complexity index is 637. The first kappa shape index (κ1) is 16.9. The SMILES string of the molecule is CCOc1ccc(CC(=O)NC(C)c2ccccc2OC)cc1. The number of benzene rings is 2. The van der Waals surface area contributed by atoms with E-state index in [0.29, 0.717) is 13.0 Å². The van der Waals surface area contributed by atoms with Crippen molar-refractivity contribution in [2.75, 3.05) is 13.7 Å². The maximum absolute atomic E-state index is 12.2. The first-order valence-electron chi connectivity index (χ1n) is 7.78. The summed E-state index contributed by atoms with van der Waals surface area (Å²) in [5.41, 5.74) is 1.92. The molecule has 0 aromatic heterocycles. The lowest BCUT2D eigenvalue weighted by Gasteiger charge is -2.17. The molecule has 122 valence electrons. The lowest BCUT2D eigenvalue weighted by atomic mass is 10.1. The second-order valence-electron chi connectivity index (χ2n) is 5.28. The minimum absolute atomic E-state index is 0.0208. The van der Waals surface area contributed by atoms with Crippen LogP contribution < -0.4 is 14.8 Å². The Labute approximate surface area is 137 Å². The Morgan fingerprint density at radius 2 is 1.83 bits per heavy atom. The number of hydrogen-bond acceptors (Lipinski definition) is 3. The standard InChI is InChI=1S/C19H23NO3/c1-4-23-16-11-9-15(10-12-16)13-19(21)20-14(2)17-7-5-6-8-18(17)22-3/h5-12,14H,4,13H2,1-3H3,(H,20,21). The van der Waals surface area contributed by atoms with Crippen molar-refractivity contribution in [1.82, 2.24) is 5.32 Å². The van der Waals surface area contributed by atoms with Crippen LogP contribution in [0.3, 0.4) is 0 Å². The molecule has 0 bridgehead atoms. The van der Waals surface area contributed by atoms with Crippen LogP contribution in [0.2, 0.25) is 0 Å². The summed E-state index contributed by atoms with van der Waals surface area (Å²) in [6.07, 6.45) is 0.339. The number of nitrogens with one attached hydrogen (secondary N) is 1. The second-order valence-corrected chi connectivity index (χ2v) is 5.28. The topological polar surface area (TPSA) is 47.6 Å². The molecule has 2 aromatic rings. The maximum Gasteiger partial charge on any atom is 0.224 e. The summed E-state index contributed by atoms with van der Waals surface area (Å²) in [6.45, 7) is 4.53. The predicted molar refractivity (Wildman–Crippen MR) is 90.9 cm³/mol. The van der Waals surface area contributed by atoms with Crippen LogP contribution in [0, 0.1) is 0 Å². The molecule has 4 nitrogen and oxygen atoms in total. The number of carbonyl (C=O) groups is 1. The molecule has 0 aliphatic rings. The number of hydrogen-bond donors (Lipinski definition) is 1. The Hall–Kier alpha value is -2.49. The van der Waals surface area contributed by atoms with Gasteiger partial charge in [0.15, 0.2) is 0 Å². The van der Waals surface area contributed by atoms with Gasteiger partial charge in [-0.25, -0.2) is 0 Å². The largest absolute Gasteiger partial charge is 0.496 e. The van der Waals surface area contributed by atoms with Gasteiger partial charge in [-0.3, -0.25) is 4.79 Å². The van der Waals surface area contributed by atoms with Crippen LogP contribution in [0.15, 0.2) is 48.5 Å². The third kappa shape index (κ3) is 4.74. The van der Waals surface area contributed by atoms with Gasteiger partial charge in [0.1, 0.15) is 11.5 Å². The zero-order valence-electron chi connectivity index (χ0n) is 13.8. The lowest BCUT2D eigenvalue weighted by molar-refractivity contribution is -0.121. The fraction of sp³-hybridized carbons (Fsp3) is 0.316. The van der Waals surface area contributed by atoms with Crippen molar-refractivity contribution in [2.24, 2.45) is 0 Å². The zero-order valence-corrected chi connectivity index (χ0v) is 13.8. The molecule has 1 N–H and O–H groups in total. The molecule has 23 heavy (non-hydrogen) atoms. The number of amides is 1. The highest BCUT2D eigenvalue weighted by Crippen LogP contribution is 2.24. The summed E-state index contributed by atoms with van der Waals surface area (Å²) < 4.78 is 10.7. The minimum Gasteiger partial charge on any atom is -0.496 e. The second kappa shape index (κ2) is 8.22. The van der Waals surface area contributed by atoms with E-state index in [1.165, 1.54) is 0 Å². The number of methoxy groups -OCH3 is 1. The smallest absolute Gasteiger partial charge is 0.224 e. The van der Waals surface area contributed by atoms with Crippen molar-refractivity contribution in [3.8, 4) is 11.5 Å². The first-order chi connectivity index (χ1) is 11.1. The monoisotopic (exact) mass is 313 g/mol. The van der Waals surface area contributed by atoms with Crippen LogP contribution in [-0.4, -0.2) is 19.6 Å². The summed E-state index contributed by atoms with van der Waals surface area (Å²) >= 11 is 0. The van der Waals surface area contributed by atoms with Gasteiger partial charge in [0, 0.05) is 5.56 Å². The molecule has 0 saturated carbocycles. The van der Waals surface area contributed by atoms with Crippen molar-refractivity contribution in [3.63, 3.8) is 0 Å². The van der Waals surface area contributed by atoms with Gasteiger partial charge < -0.3 is 14.8 Å². The van der Waals surface area contributed by atoms with Crippen LogP contribution in [0.1, 0.15) is 31.0 Å². The highest BCUT2D eigenvalue weighted by molar-refractivity contribution is 5.79. The van der Waals surface area contributed by atoms with Crippen LogP contribution >= 0.6 is 0 Å². The molecule has 0 radical (unpaired) electrons. The average Bonchev–Trinajstić information content (AvgIpc) is 2.56. The molecule has 0 heterocycles. The molecular weight excluding hydrogens is 290 g/mol. The highest BCUT2D eigenvalue weighted by Gasteiger charge is 2.13. The fourth-order valence-electron chi connectivity index (χ4n) is 2.45. The number of ether oxygens (including phenoxy) is 2. The van der Waals surface area contributed by atoms with E-state index in [2.05, 4.69) is 5.32 Å². The van der Waals surface area contributed by atoms with Crippen LogP contribution in [-0.2, 0) is 11.2 Å². The van der Waals surface area contributed by atoms with Crippen molar-refractivity contribution < 1.29 is 14.3 Å². The maximum atomic E-state index is 12.2. The van der Waals surface area contributed by atoms with E-state index in [0.717, 1.165) is 22.6 Å². The van der Waals surface area contributed by atoms with Gasteiger partial charge in [0.2, 0.25) is 5.91 Å². The van der Waals surface area contributed by atoms with Gasteiger partial charge in [-0.2, -0.15) is 0 Å². The van der Waals surface area contributed by atoms with Gasteiger partial charge >= 0.3 is 0 Å². The van der Waals surface area contributed by atoms with E-state index in [1.807, 2.05) is 62.4 Å². The summed E-state index contributed by atoms with van der Waals surface area (Å²) in [4.78, 5) is 12.2. The molecule has 1 amide bonds. The van der Waals surface area contributed by atoms with Gasteiger partial charge in [-0.15, -0.1) is 0 Å². The third-order valence-corrected chi connectivity index (χ3v) is 3.58. The Morgan fingerprint density at radius 3 is 2.48 bits per heavy atom. The van der Waals surface area contributed by atoms with E-state index in [4.69, 9.17) is 9.47 Å². The molecule has 0 aliphatic heterocycles. The predicted octanol–water partition coefficient (Wildman–Crippen LogP) is 3.51. The molecule has 0 aliphatic carbocycles. The van der Waals surface area contributed by atoms with Crippen molar-refractivity contribution in [3.05, 3.63) is 59.7 Å². The van der Waals surface area contributed by atoms with Crippen molar-refractivity contribution in [1.29, 1.82) is 0 Å². The highest BCUT2D eigenvalue weighted by atomic mass is 16.5. The zero-order chi connectivity index (χ0) is 16.7. The van der Waals surface area contributed by atoms with Gasteiger partial charge in [0.05, 0.1) is 26.2 Å². The van der Waals surface area contributed by atoms with Crippen LogP contribution in [0.5, 0.6) is 11.5 Å². The van der Waals surface area contributed by atoms with Crippen LogP contribution in [0.4, 0.5) is 0 Å². The fourth-order valence-corrected chi connectivity index (χ4v) is 2.45. The Morgan fingerprint density at radius 1 is 1.13 bits per heavy atom. The third-order valence-electron chi connectivity index (χ3n) is 3.58. The number of para-hydroxylation sites is 1. The Kier molecular flexibility index (Phi) is 6.03. The molecule has 0 spiro atoms. The van der Waals surface area contributed by atoms with E-state index >= 15 is 0 Å². The average molecular weight is 313 g/mol. The summed E-state index contributed by atoms with van der Waals surface area (Å²) in [5, 5.41) is 3.01. The number of rotatable bonds is 7. The minimum atomic E-state index is -0.110. The van der Waals surface area contributed by atoms with E-state index in [-0.39, 0.29) is 11.9 Å². The lowest BCUT2D eigenvalue weighted by Crippen LogP contribution is -2.28. The van der Waals surface area contributed by atoms with E-state index in [9.17, 15) is 4.79 Å². The first-order valence-corrected chi connectivity index (χ1v) is 7.78. The van der Waals surface area contributed by atoms with E-state index < -0.39 is 0 Å². The molecule has 4 heteroatoms. The molecule has 0 fully saturated rings. The molecule has 2 rings (SSSR count). The molecule has 0 saturated heterocycles. The van der Waals surface area contributed by atoms with Gasteiger partial charge in [-0.1, -0.05) is 30.3 Å². The number of carbonyl (C=O) groups excluding carboxylic acids is 1. The van der Waals surface area contributed by atoms with Gasteiger partial charge in [0.25, 0.3) is 0 Å². The summed E-state index contributed by atoms with van der Waals surface area (Å²) in [7, 11) is 1.63. The molecular formula is C19H23NO3. The van der Waals surface area contributed by atoms with Crippen LogP contribution in [0.25, 0.3) is 0 Å².